The first-order valence-corrected chi connectivity index (χ1v) is 10.8. The molecule has 2 aromatic carbocycles. The van der Waals surface area contributed by atoms with Crippen molar-refractivity contribution < 1.29 is 18.3 Å². The fourth-order valence-corrected chi connectivity index (χ4v) is 4.02. The van der Waals surface area contributed by atoms with Gasteiger partial charge in [0.2, 0.25) is 0 Å². The van der Waals surface area contributed by atoms with Crippen LogP contribution in [0.3, 0.4) is 0 Å². The summed E-state index contributed by atoms with van der Waals surface area (Å²) in [6.07, 6.45) is 1.20. The van der Waals surface area contributed by atoms with Crippen LogP contribution in [-0.4, -0.2) is 31.5 Å². The van der Waals surface area contributed by atoms with Crippen LogP contribution in [0.2, 0.25) is 0 Å². The van der Waals surface area contributed by atoms with Crippen molar-refractivity contribution in [3.05, 3.63) is 82.5 Å². The average molecular weight is 476 g/mol. The van der Waals surface area contributed by atoms with E-state index >= 15 is 0 Å². The van der Waals surface area contributed by atoms with E-state index in [9.17, 15) is 18.3 Å². The van der Waals surface area contributed by atoms with Crippen molar-refractivity contribution in [3.8, 4) is 0 Å². The van der Waals surface area contributed by atoms with Crippen molar-refractivity contribution in [1.29, 1.82) is 0 Å². The zero-order valence-corrected chi connectivity index (χ0v) is 17.8. The zero-order valence-electron chi connectivity index (χ0n) is 15.4. The molecule has 3 rings (SSSR count). The van der Waals surface area contributed by atoms with Gasteiger partial charge in [0.05, 0.1) is 16.1 Å². The zero-order chi connectivity index (χ0) is 21.0. The molecule has 3 aromatic rings. The van der Waals surface area contributed by atoms with Crippen LogP contribution in [0.5, 0.6) is 0 Å². The predicted octanol–water partition coefficient (Wildman–Crippen LogP) is 3.98. The van der Waals surface area contributed by atoms with Crippen molar-refractivity contribution in [2.75, 3.05) is 16.7 Å². The molecule has 29 heavy (non-hydrogen) atoms. The maximum atomic E-state index is 12.8. The number of pyridine rings is 1. The van der Waals surface area contributed by atoms with E-state index in [1.54, 1.807) is 24.1 Å². The molecule has 0 radical (unpaired) electrons. The van der Waals surface area contributed by atoms with Crippen LogP contribution >= 0.6 is 15.9 Å². The number of hydrogen-bond acceptors (Lipinski definition) is 5. The lowest BCUT2D eigenvalue weighted by atomic mass is 10.2. The fraction of sp³-hybridized carbons (Fsp3) is 0.100. The maximum absolute atomic E-state index is 12.8. The van der Waals surface area contributed by atoms with Crippen molar-refractivity contribution >= 4 is 43.4 Å². The molecule has 0 spiro atoms. The minimum Gasteiger partial charge on any atom is -0.478 e. The number of nitrogens with one attached hydrogen (secondary N) is 1. The van der Waals surface area contributed by atoms with Gasteiger partial charge in [-0.15, -0.1) is 0 Å². The largest absolute Gasteiger partial charge is 0.478 e. The van der Waals surface area contributed by atoms with Gasteiger partial charge >= 0.3 is 5.97 Å². The Hall–Kier alpha value is -2.91. The Morgan fingerprint density at radius 2 is 1.79 bits per heavy atom. The van der Waals surface area contributed by atoms with Gasteiger partial charge in [-0.25, -0.2) is 18.2 Å². The Kier molecular flexibility index (Phi) is 6.19. The van der Waals surface area contributed by atoms with Gasteiger partial charge in [-0.3, -0.25) is 4.72 Å². The normalized spacial score (nSPS) is 11.1. The van der Waals surface area contributed by atoms with E-state index in [1.165, 1.54) is 24.4 Å². The smallest absolute Gasteiger partial charge is 0.337 e. The van der Waals surface area contributed by atoms with E-state index in [-0.39, 0.29) is 16.1 Å². The van der Waals surface area contributed by atoms with Gasteiger partial charge in [0.1, 0.15) is 0 Å². The number of carboxylic acid groups (broad SMARTS) is 1. The van der Waals surface area contributed by atoms with Gasteiger partial charge in [0, 0.05) is 24.3 Å². The molecule has 1 heterocycles. The van der Waals surface area contributed by atoms with Gasteiger partial charge in [0.15, 0.2) is 5.82 Å². The standard InChI is InChI=1S/C20H18BrN3O4S/c1-24(13-14-5-3-2-4-6-14)19-18(11-15(12-22-19)20(25)26)23-29(27,28)17-9-7-16(21)8-10-17/h2-12,23H,13H2,1H3,(H,25,26). The summed E-state index contributed by atoms with van der Waals surface area (Å²) in [6.45, 7) is 0.466. The summed E-state index contributed by atoms with van der Waals surface area (Å²) in [5.41, 5.74) is 0.974. The highest BCUT2D eigenvalue weighted by molar-refractivity contribution is 9.10. The van der Waals surface area contributed by atoms with Gasteiger partial charge in [-0.1, -0.05) is 46.3 Å². The SMILES string of the molecule is CN(Cc1ccccc1)c1ncc(C(=O)O)cc1NS(=O)(=O)c1ccc(Br)cc1. The second-order valence-corrected chi connectivity index (χ2v) is 8.90. The number of rotatable bonds is 7. The molecule has 2 N–H and O–H groups in total. The number of carboxylic acids is 1. The Morgan fingerprint density at radius 1 is 1.14 bits per heavy atom. The summed E-state index contributed by atoms with van der Waals surface area (Å²) in [7, 11) is -2.17. The second-order valence-electron chi connectivity index (χ2n) is 6.30. The van der Waals surface area contributed by atoms with E-state index in [0.29, 0.717) is 12.4 Å². The molecule has 0 saturated carbocycles. The highest BCUT2D eigenvalue weighted by Crippen LogP contribution is 2.28. The monoisotopic (exact) mass is 475 g/mol. The molecule has 0 aliphatic carbocycles. The van der Waals surface area contributed by atoms with Gasteiger partial charge in [-0.05, 0) is 35.9 Å². The molecule has 0 amide bonds. The minimum atomic E-state index is -3.93. The molecule has 0 bridgehead atoms. The summed E-state index contributed by atoms with van der Waals surface area (Å²) in [6, 6.07) is 17.0. The average Bonchev–Trinajstić information content (AvgIpc) is 2.68. The van der Waals surface area contributed by atoms with Crippen LogP contribution in [0.4, 0.5) is 11.5 Å². The van der Waals surface area contributed by atoms with Crippen LogP contribution in [0.25, 0.3) is 0 Å². The van der Waals surface area contributed by atoms with Crippen LogP contribution in [-0.2, 0) is 16.6 Å². The molecule has 0 fully saturated rings. The lowest BCUT2D eigenvalue weighted by Gasteiger charge is -2.22. The fourth-order valence-electron chi connectivity index (χ4n) is 2.70. The topological polar surface area (TPSA) is 99.6 Å². The maximum Gasteiger partial charge on any atom is 0.337 e. The number of halogens is 1. The lowest BCUT2D eigenvalue weighted by molar-refractivity contribution is 0.0696. The van der Waals surface area contributed by atoms with Gasteiger partial charge in [0.25, 0.3) is 10.0 Å². The number of nitrogens with zero attached hydrogens (tertiary/aromatic N) is 2. The molecule has 1 aromatic heterocycles. The first-order chi connectivity index (χ1) is 13.8. The van der Waals surface area contributed by atoms with Gasteiger partial charge in [-0.2, -0.15) is 0 Å². The van der Waals surface area contributed by atoms with Crippen molar-refractivity contribution in [1.82, 2.24) is 4.98 Å². The number of sulfonamides is 1. The molecule has 0 aliphatic rings. The van der Waals surface area contributed by atoms with E-state index < -0.39 is 16.0 Å². The lowest BCUT2D eigenvalue weighted by Crippen LogP contribution is -2.22. The number of anilines is 2. The van der Waals surface area contributed by atoms with Crippen molar-refractivity contribution in [2.45, 2.75) is 11.4 Å². The summed E-state index contributed by atoms with van der Waals surface area (Å²) in [5.74, 6) is -0.876. The molecule has 9 heteroatoms. The number of benzene rings is 2. The predicted molar refractivity (Wildman–Crippen MR) is 115 cm³/mol. The van der Waals surface area contributed by atoms with Gasteiger partial charge < -0.3 is 10.0 Å². The molecular formula is C20H18BrN3O4S. The Morgan fingerprint density at radius 3 is 2.41 bits per heavy atom. The third kappa shape index (κ3) is 5.12. The Balaban J connectivity index is 1.97. The quantitative estimate of drug-likeness (QED) is 0.535. The van der Waals surface area contributed by atoms with Crippen LogP contribution in [0.15, 0.2) is 76.2 Å². The highest BCUT2D eigenvalue weighted by atomic mass is 79.9. The summed E-state index contributed by atoms with van der Waals surface area (Å²) in [4.78, 5) is 17.4. The third-order valence-electron chi connectivity index (χ3n) is 4.11. The molecule has 7 nitrogen and oxygen atoms in total. The Bertz CT molecular complexity index is 1120. The molecule has 150 valence electrons. The Labute approximate surface area is 177 Å². The van der Waals surface area contributed by atoms with E-state index in [2.05, 4.69) is 25.6 Å². The van der Waals surface area contributed by atoms with Crippen LogP contribution < -0.4 is 9.62 Å². The number of carbonyl (C=O) groups is 1. The first-order valence-electron chi connectivity index (χ1n) is 8.53. The molecule has 0 aliphatic heterocycles. The highest BCUT2D eigenvalue weighted by Gasteiger charge is 2.20. The summed E-state index contributed by atoms with van der Waals surface area (Å²) in [5, 5.41) is 9.28. The second kappa shape index (κ2) is 8.62. The van der Waals surface area contributed by atoms with Crippen LogP contribution in [0.1, 0.15) is 15.9 Å². The minimum absolute atomic E-state index is 0.0538. The molecule has 0 atom stereocenters. The molecule has 0 saturated heterocycles. The summed E-state index contributed by atoms with van der Waals surface area (Å²) < 4.78 is 28.8. The molecular weight excluding hydrogens is 458 g/mol. The van der Waals surface area contributed by atoms with E-state index in [0.717, 1.165) is 10.0 Å². The van der Waals surface area contributed by atoms with Crippen LogP contribution in [0, 0.1) is 0 Å². The third-order valence-corrected chi connectivity index (χ3v) is 6.02. The first kappa shape index (κ1) is 20.8. The molecule has 0 unspecified atom stereocenters. The van der Waals surface area contributed by atoms with E-state index in [1.807, 2.05) is 30.3 Å². The number of aromatic carboxylic acids is 1. The summed E-state index contributed by atoms with van der Waals surface area (Å²) >= 11 is 3.27. The number of hydrogen-bond donors (Lipinski definition) is 2. The van der Waals surface area contributed by atoms with Crippen molar-refractivity contribution in [3.63, 3.8) is 0 Å². The van der Waals surface area contributed by atoms with Crippen molar-refractivity contribution in [2.24, 2.45) is 0 Å². The number of aromatic nitrogens is 1. The van der Waals surface area contributed by atoms with E-state index in [4.69, 9.17) is 0 Å².